The highest BCUT2D eigenvalue weighted by Crippen LogP contribution is 2.28. The van der Waals surface area contributed by atoms with Crippen LogP contribution in [0.15, 0.2) is 0 Å². The van der Waals surface area contributed by atoms with Crippen LogP contribution in [0.2, 0.25) is 0 Å². The van der Waals surface area contributed by atoms with Crippen LogP contribution in [-0.2, 0) is 23.9 Å². The van der Waals surface area contributed by atoms with Crippen LogP contribution in [0.25, 0.3) is 0 Å². The summed E-state index contributed by atoms with van der Waals surface area (Å²) in [5.41, 5.74) is 0. The van der Waals surface area contributed by atoms with E-state index in [1.165, 1.54) is 0 Å². The molecule has 0 bridgehead atoms. The first-order valence-corrected chi connectivity index (χ1v) is 11.0. The molecule has 0 aromatic carbocycles. The van der Waals surface area contributed by atoms with Gasteiger partial charge in [-0.2, -0.15) is 0 Å². The number of ether oxygens (including phenoxy) is 2. The largest absolute Gasteiger partial charge is 0.379 e. The molecule has 8 heteroatoms. The Bertz CT molecular complexity index is 557. The van der Waals surface area contributed by atoms with Gasteiger partial charge in [0.15, 0.2) is 0 Å². The minimum atomic E-state index is -0.432. The summed E-state index contributed by atoms with van der Waals surface area (Å²) >= 11 is 0. The summed E-state index contributed by atoms with van der Waals surface area (Å²) in [4.78, 5) is 39.9. The summed E-state index contributed by atoms with van der Waals surface area (Å²) in [6.45, 7) is 8.97. The third-order valence-corrected chi connectivity index (χ3v) is 6.39. The second kappa shape index (κ2) is 12.9. The van der Waals surface area contributed by atoms with Crippen LogP contribution < -0.4 is 5.32 Å². The highest BCUT2D eigenvalue weighted by Gasteiger charge is 2.39. The maximum atomic E-state index is 13.3. The molecule has 0 saturated carbocycles. The van der Waals surface area contributed by atoms with Gasteiger partial charge in [0, 0.05) is 27.8 Å². The predicted octanol–water partition coefficient (Wildman–Crippen LogP) is 1.67. The lowest BCUT2D eigenvalue weighted by Crippen LogP contribution is -2.53. The number of nitrogens with zero attached hydrogens (tertiary/aromatic N) is 2. The van der Waals surface area contributed by atoms with Gasteiger partial charge in [0.1, 0.15) is 0 Å². The molecule has 0 radical (unpaired) electrons. The average molecular weight is 428 g/mol. The lowest BCUT2D eigenvalue weighted by molar-refractivity contribution is -0.144. The van der Waals surface area contributed by atoms with E-state index in [4.69, 9.17) is 9.47 Å². The van der Waals surface area contributed by atoms with Gasteiger partial charge in [-0.1, -0.05) is 34.1 Å². The number of nitrogens with one attached hydrogen (secondary N) is 1. The molecule has 5 atom stereocenters. The Labute approximate surface area is 181 Å². The van der Waals surface area contributed by atoms with E-state index >= 15 is 0 Å². The average Bonchev–Trinajstić information content (AvgIpc) is 3.20. The third kappa shape index (κ3) is 6.67. The fourth-order valence-corrected chi connectivity index (χ4v) is 4.61. The molecule has 3 amide bonds. The van der Waals surface area contributed by atoms with Crippen molar-refractivity contribution in [2.75, 3.05) is 34.4 Å². The number of hydrogen-bond acceptors (Lipinski definition) is 5. The van der Waals surface area contributed by atoms with Crippen LogP contribution in [0.5, 0.6) is 0 Å². The molecule has 0 aliphatic carbocycles. The van der Waals surface area contributed by atoms with Crippen molar-refractivity contribution in [1.29, 1.82) is 0 Å². The first-order valence-electron chi connectivity index (χ1n) is 11.0. The standard InChI is InChI=1S/C22H41N3O5/c1-8-16(4)21(24(5)20(28)13-23-14-26)18(29-6)12-19(27)25-11-9-10-17(25)22(30-7)15(2)3/h14-18,21-22H,8-13H2,1-7H3,(H,23,26)/t16-,17-,18+,21?,22?/m0/s1. The molecule has 1 fully saturated rings. The normalized spacial score (nSPS) is 20.5. The number of likely N-dealkylation sites (tertiary alicyclic amines) is 1. The highest BCUT2D eigenvalue weighted by atomic mass is 16.5. The lowest BCUT2D eigenvalue weighted by Gasteiger charge is -2.39. The molecule has 1 saturated heterocycles. The van der Waals surface area contributed by atoms with Crippen molar-refractivity contribution < 1.29 is 23.9 Å². The smallest absolute Gasteiger partial charge is 0.242 e. The molecule has 1 aliphatic heterocycles. The van der Waals surface area contributed by atoms with Crippen LogP contribution in [-0.4, -0.2) is 86.7 Å². The summed E-state index contributed by atoms with van der Waals surface area (Å²) in [6, 6.07) is -0.201. The van der Waals surface area contributed by atoms with E-state index in [1.54, 1.807) is 26.2 Å². The molecular formula is C22H41N3O5. The summed E-state index contributed by atoms with van der Waals surface area (Å²) in [7, 11) is 5.00. The number of likely N-dealkylation sites (N-methyl/N-ethyl adjacent to an activating group) is 1. The van der Waals surface area contributed by atoms with Gasteiger partial charge in [0.05, 0.1) is 37.3 Å². The van der Waals surface area contributed by atoms with Crippen LogP contribution in [0.1, 0.15) is 53.4 Å². The molecule has 1 aliphatic rings. The Morgan fingerprint density at radius 3 is 2.40 bits per heavy atom. The van der Waals surface area contributed by atoms with Gasteiger partial charge in [0.2, 0.25) is 18.2 Å². The minimum absolute atomic E-state index is 0.00137. The predicted molar refractivity (Wildman–Crippen MR) is 116 cm³/mol. The van der Waals surface area contributed by atoms with Gasteiger partial charge in [-0.25, -0.2) is 0 Å². The first kappa shape index (κ1) is 26.4. The van der Waals surface area contributed by atoms with E-state index in [-0.39, 0.29) is 48.9 Å². The summed E-state index contributed by atoms with van der Waals surface area (Å²) in [5, 5.41) is 2.42. The summed E-state index contributed by atoms with van der Waals surface area (Å²) in [6.07, 6.45) is 3.02. The summed E-state index contributed by atoms with van der Waals surface area (Å²) in [5.74, 6) is 0.269. The Morgan fingerprint density at radius 2 is 1.90 bits per heavy atom. The molecule has 0 aromatic heterocycles. The van der Waals surface area contributed by atoms with Crippen LogP contribution in [0.4, 0.5) is 0 Å². The third-order valence-electron chi connectivity index (χ3n) is 6.39. The SMILES string of the molecule is CC[C@H](C)C([C@@H](CC(=O)N1CCC[C@H]1C(OC)C(C)C)OC)N(C)C(=O)CNC=O. The fraction of sp³-hybridized carbons (Fsp3) is 0.864. The second-order valence-electron chi connectivity index (χ2n) is 8.60. The molecule has 1 rings (SSSR count). The van der Waals surface area contributed by atoms with Crippen molar-refractivity contribution in [2.24, 2.45) is 11.8 Å². The molecule has 174 valence electrons. The fourth-order valence-electron chi connectivity index (χ4n) is 4.61. The highest BCUT2D eigenvalue weighted by molar-refractivity contribution is 5.81. The number of rotatable bonds is 13. The molecule has 0 aromatic rings. The van der Waals surface area contributed by atoms with Crippen LogP contribution >= 0.6 is 0 Å². The van der Waals surface area contributed by atoms with E-state index in [2.05, 4.69) is 33.0 Å². The number of carbonyl (C=O) groups is 3. The molecule has 1 N–H and O–H groups in total. The molecule has 30 heavy (non-hydrogen) atoms. The monoisotopic (exact) mass is 427 g/mol. The lowest BCUT2D eigenvalue weighted by atomic mass is 9.90. The molecule has 0 spiro atoms. The van der Waals surface area contributed by atoms with Gasteiger partial charge in [-0.15, -0.1) is 0 Å². The minimum Gasteiger partial charge on any atom is -0.379 e. The van der Waals surface area contributed by atoms with Crippen molar-refractivity contribution >= 4 is 18.2 Å². The van der Waals surface area contributed by atoms with E-state index in [9.17, 15) is 14.4 Å². The molecule has 1 heterocycles. The van der Waals surface area contributed by atoms with Crippen molar-refractivity contribution in [3.05, 3.63) is 0 Å². The maximum Gasteiger partial charge on any atom is 0.242 e. The Kier molecular flexibility index (Phi) is 11.3. The maximum absolute atomic E-state index is 13.3. The zero-order valence-electron chi connectivity index (χ0n) is 19.7. The second-order valence-corrected chi connectivity index (χ2v) is 8.60. The van der Waals surface area contributed by atoms with E-state index < -0.39 is 6.10 Å². The van der Waals surface area contributed by atoms with Gasteiger partial charge in [-0.3, -0.25) is 14.4 Å². The molecule has 2 unspecified atom stereocenters. The van der Waals surface area contributed by atoms with Gasteiger partial charge >= 0.3 is 0 Å². The quantitative estimate of drug-likeness (QED) is 0.452. The van der Waals surface area contributed by atoms with Crippen molar-refractivity contribution in [1.82, 2.24) is 15.1 Å². The first-order chi connectivity index (χ1) is 14.2. The van der Waals surface area contributed by atoms with Gasteiger partial charge in [-0.05, 0) is 24.7 Å². The Morgan fingerprint density at radius 1 is 1.23 bits per heavy atom. The Hall–Kier alpha value is -1.67. The van der Waals surface area contributed by atoms with Crippen LogP contribution in [0.3, 0.4) is 0 Å². The zero-order valence-corrected chi connectivity index (χ0v) is 19.7. The number of hydrogen-bond donors (Lipinski definition) is 1. The number of carbonyl (C=O) groups excluding carboxylic acids is 3. The van der Waals surface area contributed by atoms with Crippen molar-refractivity contribution in [3.8, 4) is 0 Å². The molecular weight excluding hydrogens is 386 g/mol. The van der Waals surface area contributed by atoms with Crippen LogP contribution in [0, 0.1) is 11.8 Å². The van der Waals surface area contributed by atoms with E-state index in [0.717, 1.165) is 25.8 Å². The van der Waals surface area contributed by atoms with Gasteiger partial charge < -0.3 is 24.6 Å². The Balaban J connectivity index is 2.99. The topological polar surface area (TPSA) is 88.2 Å². The van der Waals surface area contributed by atoms with Crippen molar-refractivity contribution in [2.45, 2.75) is 77.7 Å². The van der Waals surface area contributed by atoms with Gasteiger partial charge in [0.25, 0.3) is 0 Å². The van der Waals surface area contributed by atoms with E-state index in [1.807, 2.05) is 4.90 Å². The van der Waals surface area contributed by atoms with Crippen molar-refractivity contribution in [3.63, 3.8) is 0 Å². The number of methoxy groups -OCH3 is 2. The zero-order chi connectivity index (χ0) is 22.8. The van der Waals surface area contributed by atoms with E-state index in [0.29, 0.717) is 12.3 Å². The summed E-state index contributed by atoms with van der Waals surface area (Å²) < 4.78 is 11.5. The molecule has 8 nitrogen and oxygen atoms in total. The number of amides is 3.